The summed E-state index contributed by atoms with van der Waals surface area (Å²) in [5.74, 6) is -0.111. The van der Waals surface area contributed by atoms with Crippen LogP contribution in [0.15, 0.2) is 60.2 Å². The normalized spacial score (nSPS) is 16.2. The molecule has 0 radical (unpaired) electrons. The number of Topliss-reactive ketones (excluding diaryl/α,β-unsaturated/α-hetero) is 1. The van der Waals surface area contributed by atoms with Crippen LogP contribution in [0.2, 0.25) is 0 Å². The Labute approximate surface area is 200 Å². The monoisotopic (exact) mass is 475 g/mol. The predicted octanol–water partition coefficient (Wildman–Crippen LogP) is 4.87. The number of thiophene rings is 2. The Bertz CT molecular complexity index is 1270. The third-order valence-corrected chi connectivity index (χ3v) is 8.01. The van der Waals surface area contributed by atoms with Crippen LogP contribution in [0.5, 0.6) is 0 Å². The fraction of sp³-hybridized carbons (Fsp3) is 0.240. The van der Waals surface area contributed by atoms with Crippen molar-refractivity contribution in [3.8, 4) is 20.3 Å². The van der Waals surface area contributed by atoms with E-state index < -0.39 is 0 Å². The van der Waals surface area contributed by atoms with Gasteiger partial charge >= 0.3 is 0 Å². The number of hydrogen-bond acceptors (Lipinski definition) is 8. The largest absolute Gasteiger partial charge is 0.397 e. The highest BCUT2D eigenvalue weighted by Crippen LogP contribution is 2.36. The quantitative estimate of drug-likeness (QED) is 0.386. The number of carbonyl (C=O) groups excluding carboxylic acids is 1. The zero-order valence-electron chi connectivity index (χ0n) is 18.1. The molecule has 0 aromatic carbocycles. The molecule has 4 aromatic rings. The molecule has 0 spiro atoms. The molecule has 5 rings (SSSR count). The molecule has 1 aliphatic heterocycles. The second-order valence-corrected chi connectivity index (χ2v) is 10.3. The first-order valence-electron chi connectivity index (χ1n) is 11.0. The van der Waals surface area contributed by atoms with Gasteiger partial charge in [0.25, 0.3) is 0 Å². The van der Waals surface area contributed by atoms with Crippen molar-refractivity contribution in [3.05, 3.63) is 71.5 Å². The number of nitrogens with zero attached hydrogens (tertiary/aromatic N) is 3. The van der Waals surface area contributed by atoms with Crippen LogP contribution in [0.1, 0.15) is 28.9 Å². The van der Waals surface area contributed by atoms with E-state index in [2.05, 4.69) is 32.4 Å². The summed E-state index contributed by atoms with van der Waals surface area (Å²) >= 11 is 3.37. The highest BCUT2D eigenvalue weighted by atomic mass is 32.1. The van der Waals surface area contributed by atoms with Gasteiger partial charge in [-0.2, -0.15) is 0 Å². The first-order chi connectivity index (χ1) is 16.1. The van der Waals surface area contributed by atoms with E-state index in [4.69, 9.17) is 11.5 Å². The molecule has 4 N–H and O–H groups in total. The fourth-order valence-electron chi connectivity index (χ4n) is 4.21. The van der Waals surface area contributed by atoms with E-state index in [1.807, 2.05) is 24.3 Å². The number of aromatic nitrogens is 2. The molecule has 1 aliphatic rings. The van der Waals surface area contributed by atoms with Crippen molar-refractivity contribution in [2.75, 3.05) is 23.7 Å². The number of rotatable bonds is 6. The summed E-state index contributed by atoms with van der Waals surface area (Å²) in [6.45, 7) is 1.71. The number of anilines is 2. The van der Waals surface area contributed by atoms with Crippen molar-refractivity contribution < 1.29 is 4.79 Å². The molecule has 8 heteroatoms. The second-order valence-electron chi connectivity index (χ2n) is 8.23. The highest BCUT2D eigenvalue weighted by Gasteiger charge is 2.22. The molecule has 5 heterocycles. The maximum absolute atomic E-state index is 13.3. The van der Waals surface area contributed by atoms with Crippen molar-refractivity contribution in [1.82, 2.24) is 9.97 Å². The molecule has 1 saturated heterocycles. The van der Waals surface area contributed by atoms with Crippen molar-refractivity contribution in [2.45, 2.75) is 25.3 Å². The van der Waals surface area contributed by atoms with Crippen LogP contribution in [-0.4, -0.2) is 34.9 Å². The third kappa shape index (κ3) is 4.68. The molecule has 6 nitrogen and oxygen atoms in total. The zero-order valence-corrected chi connectivity index (χ0v) is 19.7. The number of carbonyl (C=O) groups is 1. The molecule has 1 atom stereocenters. The first-order valence-corrected chi connectivity index (χ1v) is 12.7. The number of nitrogen functional groups attached to an aromatic ring is 1. The molecule has 168 valence electrons. The van der Waals surface area contributed by atoms with Gasteiger partial charge in [0.15, 0.2) is 5.78 Å². The van der Waals surface area contributed by atoms with Crippen LogP contribution < -0.4 is 16.4 Å². The third-order valence-electron chi connectivity index (χ3n) is 5.84. The smallest absolute Gasteiger partial charge is 0.187 e. The van der Waals surface area contributed by atoms with E-state index in [0.29, 0.717) is 11.4 Å². The van der Waals surface area contributed by atoms with Crippen LogP contribution in [0.25, 0.3) is 20.3 Å². The lowest BCUT2D eigenvalue weighted by atomic mass is 10.0. The Morgan fingerprint density at radius 1 is 1.12 bits per heavy atom. The summed E-state index contributed by atoms with van der Waals surface area (Å²) in [7, 11) is 0. The van der Waals surface area contributed by atoms with E-state index in [1.165, 1.54) is 9.75 Å². The van der Waals surface area contributed by atoms with Crippen LogP contribution in [0.4, 0.5) is 11.4 Å². The lowest BCUT2D eigenvalue weighted by Crippen LogP contribution is -2.43. The van der Waals surface area contributed by atoms with E-state index in [-0.39, 0.29) is 18.2 Å². The van der Waals surface area contributed by atoms with Crippen molar-refractivity contribution in [1.29, 1.82) is 0 Å². The van der Waals surface area contributed by atoms with Gasteiger partial charge in [0.2, 0.25) is 0 Å². The van der Waals surface area contributed by atoms with Crippen LogP contribution in [-0.2, 0) is 6.42 Å². The SMILES string of the molecule is Nc1ccc(-c2ccc(-c3cccs3)s2)nc1C(=O)Cc1cnccc1N1CCC[C@H](N)C1. The predicted molar refractivity (Wildman–Crippen MR) is 137 cm³/mol. The van der Waals surface area contributed by atoms with Crippen LogP contribution in [0, 0.1) is 0 Å². The Morgan fingerprint density at radius 2 is 2.00 bits per heavy atom. The minimum absolute atomic E-state index is 0.111. The van der Waals surface area contributed by atoms with E-state index in [0.717, 1.165) is 47.8 Å². The molecular formula is C25H25N5OS2. The molecule has 1 fully saturated rings. The highest BCUT2D eigenvalue weighted by molar-refractivity contribution is 7.23. The summed E-state index contributed by atoms with van der Waals surface area (Å²) in [5.41, 5.74) is 15.7. The fourth-order valence-corrected chi connectivity index (χ4v) is 6.02. The van der Waals surface area contributed by atoms with Crippen molar-refractivity contribution in [2.24, 2.45) is 5.73 Å². The van der Waals surface area contributed by atoms with Crippen molar-refractivity contribution >= 4 is 39.8 Å². The van der Waals surface area contributed by atoms with Crippen LogP contribution in [0.3, 0.4) is 0 Å². The second kappa shape index (κ2) is 9.43. The van der Waals surface area contributed by atoms with Gasteiger partial charge in [-0.1, -0.05) is 6.07 Å². The lowest BCUT2D eigenvalue weighted by Gasteiger charge is -2.33. The Balaban J connectivity index is 1.40. The number of ketones is 1. The molecule has 33 heavy (non-hydrogen) atoms. The van der Waals surface area contributed by atoms with Crippen molar-refractivity contribution in [3.63, 3.8) is 0 Å². The summed E-state index contributed by atoms with van der Waals surface area (Å²) < 4.78 is 0. The molecule has 0 saturated carbocycles. The Hall–Kier alpha value is -3.07. The number of pyridine rings is 2. The minimum Gasteiger partial charge on any atom is -0.397 e. The molecule has 4 aromatic heterocycles. The van der Waals surface area contributed by atoms with Gasteiger partial charge in [0.1, 0.15) is 5.69 Å². The summed E-state index contributed by atoms with van der Waals surface area (Å²) in [4.78, 5) is 27.9. The van der Waals surface area contributed by atoms with Gasteiger partial charge in [0.05, 0.1) is 16.3 Å². The summed E-state index contributed by atoms with van der Waals surface area (Å²) in [6, 6.07) is 14.0. The van der Waals surface area contributed by atoms with Gasteiger partial charge in [-0.3, -0.25) is 9.78 Å². The number of hydrogen-bond donors (Lipinski definition) is 2. The Morgan fingerprint density at radius 3 is 2.82 bits per heavy atom. The minimum atomic E-state index is -0.111. The van der Waals surface area contributed by atoms with E-state index in [1.54, 1.807) is 41.1 Å². The molecule has 0 unspecified atom stereocenters. The average molecular weight is 476 g/mol. The van der Waals surface area contributed by atoms with Gasteiger partial charge in [-0.25, -0.2) is 4.98 Å². The topological polar surface area (TPSA) is 98.1 Å². The van der Waals surface area contributed by atoms with Gasteiger partial charge < -0.3 is 16.4 Å². The Kier molecular flexibility index (Phi) is 6.22. The maximum atomic E-state index is 13.3. The standard InChI is InChI=1S/C25H25N5OS2/c26-17-3-1-11-30(15-17)20-9-10-28-14-16(20)13-21(31)25-18(27)5-6-19(29-25)22-7-8-24(33-22)23-4-2-12-32-23/h2,4-10,12,14,17H,1,3,11,13,15,26-27H2/t17-/m0/s1. The molecular weight excluding hydrogens is 450 g/mol. The zero-order chi connectivity index (χ0) is 22.8. The van der Waals surface area contributed by atoms with Gasteiger partial charge in [-0.15, -0.1) is 22.7 Å². The van der Waals surface area contributed by atoms with Crippen LogP contribution >= 0.6 is 22.7 Å². The van der Waals surface area contributed by atoms with Gasteiger partial charge in [0, 0.05) is 59.0 Å². The first kappa shape index (κ1) is 21.8. The average Bonchev–Trinajstić information content (AvgIpc) is 3.52. The number of nitrogens with two attached hydrogens (primary N) is 2. The summed E-state index contributed by atoms with van der Waals surface area (Å²) in [6.07, 6.45) is 5.79. The maximum Gasteiger partial charge on any atom is 0.187 e. The number of piperidine rings is 1. The lowest BCUT2D eigenvalue weighted by molar-refractivity contribution is 0.0989. The molecule has 0 bridgehead atoms. The van der Waals surface area contributed by atoms with E-state index in [9.17, 15) is 4.79 Å². The molecule has 0 aliphatic carbocycles. The summed E-state index contributed by atoms with van der Waals surface area (Å²) in [5, 5.41) is 2.07. The van der Waals surface area contributed by atoms with E-state index >= 15 is 0 Å². The van der Waals surface area contributed by atoms with Gasteiger partial charge in [-0.05, 0) is 54.6 Å². The molecule has 0 amide bonds.